The number of nitrogens with zero attached hydrogens (tertiary/aromatic N) is 1. The first-order valence-corrected chi connectivity index (χ1v) is 8.51. The molecule has 0 fully saturated rings. The number of oxazole rings is 1. The third-order valence-corrected chi connectivity index (χ3v) is 4.30. The third kappa shape index (κ3) is 5.32. The standard InChI is InChI=1S/C18H21ClN2O4/c1-3-11(2)17(18(23)24)21-15(22)8-9-16-20-10-14(25-16)12-4-6-13(19)7-5-12/h4-7,10-11,17H,3,8-9H2,1-2H3,(H,21,22)(H,23,24). The Labute approximate surface area is 151 Å². The van der Waals surface area contributed by atoms with Gasteiger partial charge >= 0.3 is 5.97 Å². The lowest BCUT2D eigenvalue weighted by Crippen LogP contribution is -2.45. The molecule has 0 saturated heterocycles. The van der Waals surface area contributed by atoms with E-state index < -0.39 is 12.0 Å². The molecule has 2 rings (SSSR count). The van der Waals surface area contributed by atoms with Gasteiger partial charge in [-0.2, -0.15) is 0 Å². The molecule has 25 heavy (non-hydrogen) atoms. The number of carboxylic acid groups (broad SMARTS) is 1. The van der Waals surface area contributed by atoms with Gasteiger partial charge in [0.25, 0.3) is 0 Å². The molecule has 2 atom stereocenters. The lowest BCUT2D eigenvalue weighted by molar-refractivity contribution is -0.143. The summed E-state index contributed by atoms with van der Waals surface area (Å²) < 4.78 is 5.63. The van der Waals surface area contributed by atoms with E-state index in [1.54, 1.807) is 25.3 Å². The van der Waals surface area contributed by atoms with Crippen molar-refractivity contribution in [3.8, 4) is 11.3 Å². The highest BCUT2D eigenvalue weighted by molar-refractivity contribution is 6.30. The lowest BCUT2D eigenvalue weighted by Gasteiger charge is -2.19. The van der Waals surface area contributed by atoms with Gasteiger partial charge in [-0.15, -0.1) is 0 Å². The molecule has 0 spiro atoms. The second-order valence-corrected chi connectivity index (χ2v) is 6.33. The van der Waals surface area contributed by atoms with Crippen LogP contribution in [0.4, 0.5) is 0 Å². The lowest BCUT2D eigenvalue weighted by atomic mass is 9.99. The zero-order valence-electron chi connectivity index (χ0n) is 14.2. The quantitative estimate of drug-likeness (QED) is 0.747. The fourth-order valence-corrected chi connectivity index (χ4v) is 2.45. The van der Waals surface area contributed by atoms with E-state index in [-0.39, 0.29) is 18.2 Å². The summed E-state index contributed by atoms with van der Waals surface area (Å²) in [7, 11) is 0. The Balaban J connectivity index is 1.92. The normalized spacial score (nSPS) is 13.2. The van der Waals surface area contributed by atoms with Crippen molar-refractivity contribution in [1.82, 2.24) is 10.3 Å². The fourth-order valence-electron chi connectivity index (χ4n) is 2.32. The molecule has 2 unspecified atom stereocenters. The van der Waals surface area contributed by atoms with E-state index >= 15 is 0 Å². The number of carbonyl (C=O) groups excluding carboxylic acids is 1. The van der Waals surface area contributed by atoms with Crippen LogP contribution in [0.15, 0.2) is 34.9 Å². The number of aromatic nitrogens is 1. The summed E-state index contributed by atoms with van der Waals surface area (Å²) in [5.74, 6) is -0.479. The Kier molecular flexibility index (Phi) is 6.58. The molecule has 1 amide bonds. The molecule has 6 nitrogen and oxygen atoms in total. The van der Waals surface area contributed by atoms with Crippen LogP contribution in [-0.2, 0) is 16.0 Å². The first-order valence-electron chi connectivity index (χ1n) is 8.13. The van der Waals surface area contributed by atoms with Crippen molar-refractivity contribution in [2.24, 2.45) is 5.92 Å². The first kappa shape index (κ1) is 19.0. The van der Waals surface area contributed by atoms with Crippen LogP contribution < -0.4 is 5.32 Å². The van der Waals surface area contributed by atoms with Crippen LogP contribution in [0.3, 0.4) is 0 Å². The van der Waals surface area contributed by atoms with Gasteiger partial charge in [0.05, 0.1) is 6.20 Å². The number of aryl methyl sites for hydroxylation is 1. The Morgan fingerprint density at radius 3 is 2.60 bits per heavy atom. The summed E-state index contributed by atoms with van der Waals surface area (Å²) in [6.45, 7) is 3.68. The molecular formula is C18H21ClN2O4. The Bertz CT molecular complexity index is 727. The van der Waals surface area contributed by atoms with Gasteiger partial charge in [0.1, 0.15) is 6.04 Å². The van der Waals surface area contributed by atoms with Crippen LogP contribution >= 0.6 is 11.6 Å². The van der Waals surface area contributed by atoms with E-state index in [1.807, 2.05) is 19.1 Å². The van der Waals surface area contributed by atoms with Crippen LogP contribution in [0.1, 0.15) is 32.6 Å². The van der Waals surface area contributed by atoms with Gasteiger partial charge in [-0.25, -0.2) is 9.78 Å². The fraction of sp³-hybridized carbons (Fsp3) is 0.389. The summed E-state index contributed by atoms with van der Waals surface area (Å²) in [5, 5.41) is 12.4. The molecule has 0 aliphatic carbocycles. The molecule has 0 aliphatic rings. The highest BCUT2D eigenvalue weighted by atomic mass is 35.5. The summed E-state index contributed by atoms with van der Waals surface area (Å²) in [5.41, 5.74) is 0.843. The maximum atomic E-state index is 12.0. The summed E-state index contributed by atoms with van der Waals surface area (Å²) >= 11 is 5.85. The van der Waals surface area contributed by atoms with Crippen LogP contribution in [0, 0.1) is 5.92 Å². The summed E-state index contributed by atoms with van der Waals surface area (Å²) in [6.07, 6.45) is 2.67. The van der Waals surface area contributed by atoms with Gasteiger partial charge in [0.2, 0.25) is 5.91 Å². The molecule has 1 aromatic heterocycles. The van der Waals surface area contributed by atoms with Crippen molar-refractivity contribution >= 4 is 23.5 Å². The molecule has 2 aromatic rings. The number of hydrogen-bond acceptors (Lipinski definition) is 4. The number of carbonyl (C=O) groups is 2. The van der Waals surface area contributed by atoms with E-state index in [2.05, 4.69) is 10.3 Å². The first-order chi connectivity index (χ1) is 11.9. The highest BCUT2D eigenvalue weighted by Gasteiger charge is 2.25. The van der Waals surface area contributed by atoms with Crippen LogP contribution in [0.25, 0.3) is 11.3 Å². The van der Waals surface area contributed by atoms with Crippen LogP contribution in [0.2, 0.25) is 5.02 Å². The molecule has 0 bridgehead atoms. The predicted octanol–water partition coefficient (Wildman–Crippen LogP) is 3.54. The minimum Gasteiger partial charge on any atom is -0.480 e. The number of aliphatic carboxylic acids is 1. The third-order valence-electron chi connectivity index (χ3n) is 4.04. The average molecular weight is 365 g/mol. The molecule has 134 valence electrons. The van der Waals surface area contributed by atoms with Gasteiger partial charge in [0, 0.05) is 23.4 Å². The predicted molar refractivity (Wildman–Crippen MR) is 94.3 cm³/mol. The number of hydrogen-bond donors (Lipinski definition) is 2. The van der Waals surface area contributed by atoms with E-state index in [1.165, 1.54) is 0 Å². The van der Waals surface area contributed by atoms with E-state index in [9.17, 15) is 14.7 Å². The minimum absolute atomic E-state index is 0.112. The molecule has 1 aromatic carbocycles. The maximum Gasteiger partial charge on any atom is 0.326 e. The largest absolute Gasteiger partial charge is 0.480 e. The number of halogens is 1. The highest BCUT2D eigenvalue weighted by Crippen LogP contribution is 2.22. The molecule has 0 radical (unpaired) electrons. The zero-order valence-corrected chi connectivity index (χ0v) is 14.9. The van der Waals surface area contributed by atoms with Gasteiger partial charge in [-0.05, 0) is 30.2 Å². The second kappa shape index (κ2) is 8.67. The summed E-state index contributed by atoms with van der Waals surface area (Å²) in [6, 6.07) is 6.28. The van der Waals surface area contributed by atoms with Crippen molar-refractivity contribution in [3.63, 3.8) is 0 Å². The molecule has 7 heteroatoms. The zero-order chi connectivity index (χ0) is 18.4. The summed E-state index contributed by atoms with van der Waals surface area (Å²) in [4.78, 5) is 27.4. The smallest absolute Gasteiger partial charge is 0.326 e. The van der Waals surface area contributed by atoms with E-state index in [4.69, 9.17) is 16.0 Å². The van der Waals surface area contributed by atoms with Crippen molar-refractivity contribution in [2.45, 2.75) is 39.2 Å². The second-order valence-electron chi connectivity index (χ2n) is 5.89. The monoisotopic (exact) mass is 364 g/mol. The molecule has 0 saturated carbocycles. The molecule has 0 aliphatic heterocycles. The van der Waals surface area contributed by atoms with Gasteiger partial charge in [0.15, 0.2) is 11.7 Å². The van der Waals surface area contributed by atoms with E-state index in [0.29, 0.717) is 29.5 Å². The molecule has 1 heterocycles. The van der Waals surface area contributed by atoms with Gasteiger partial charge in [-0.3, -0.25) is 4.79 Å². The van der Waals surface area contributed by atoms with Crippen molar-refractivity contribution in [1.29, 1.82) is 0 Å². The van der Waals surface area contributed by atoms with Crippen molar-refractivity contribution in [3.05, 3.63) is 41.4 Å². The number of carboxylic acids is 1. The van der Waals surface area contributed by atoms with Crippen LogP contribution in [-0.4, -0.2) is 28.0 Å². The van der Waals surface area contributed by atoms with E-state index in [0.717, 1.165) is 5.56 Å². The Morgan fingerprint density at radius 1 is 1.32 bits per heavy atom. The minimum atomic E-state index is -1.02. The number of amides is 1. The Hall–Kier alpha value is -2.34. The number of rotatable bonds is 8. The Morgan fingerprint density at radius 2 is 2.00 bits per heavy atom. The SMILES string of the molecule is CCC(C)C(NC(=O)CCc1ncc(-c2ccc(Cl)cc2)o1)C(=O)O. The van der Waals surface area contributed by atoms with Crippen LogP contribution in [0.5, 0.6) is 0 Å². The molecular weight excluding hydrogens is 344 g/mol. The topological polar surface area (TPSA) is 92.4 Å². The number of nitrogens with one attached hydrogen (secondary N) is 1. The van der Waals surface area contributed by atoms with Crippen molar-refractivity contribution in [2.75, 3.05) is 0 Å². The van der Waals surface area contributed by atoms with Gasteiger partial charge < -0.3 is 14.8 Å². The average Bonchev–Trinajstić information content (AvgIpc) is 3.06. The maximum absolute atomic E-state index is 12.0. The van der Waals surface area contributed by atoms with Crippen molar-refractivity contribution < 1.29 is 19.1 Å². The van der Waals surface area contributed by atoms with Gasteiger partial charge in [-0.1, -0.05) is 31.9 Å². The molecule has 2 N–H and O–H groups in total. The number of benzene rings is 1.